The maximum absolute atomic E-state index is 11.9. The van der Waals surface area contributed by atoms with E-state index in [1.165, 1.54) is 6.92 Å². The summed E-state index contributed by atoms with van der Waals surface area (Å²) in [4.78, 5) is 47.4. The van der Waals surface area contributed by atoms with Gasteiger partial charge >= 0.3 is 12.0 Å². The molecule has 7 nitrogen and oxygen atoms in total. The number of hydrogen-bond acceptors (Lipinski definition) is 5. The highest BCUT2D eigenvalue weighted by molar-refractivity contribution is 6.03. The van der Waals surface area contributed by atoms with Crippen LogP contribution in [0.3, 0.4) is 0 Å². The van der Waals surface area contributed by atoms with Gasteiger partial charge in [0, 0.05) is 17.7 Å². The van der Waals surface area contributed by atoms with Crippen molar-refractivity contribution in [2.75, 3.05) is 5.32 Å². The Bertz CT molecular complexity index is 806. The third-order valence-corrected chi connectivity index (χ3v) is 3.60. The molecule has 0 spiro atoms. The second kappa shape index (κ2) is 9.86. The van der Waals surface area contributed by atoms with Crippen LogP contribution in [0.5, 0.6) is 0 Å². The van der Waals surface area contributed by atoms with Crippen molar-refractivity contribution in [2.24, 2.45) is 0 Å². The normalized spacial score (nSPS) is 11.1. The minimum atomic E-state index is -1.16. The number of amides is 3. The average Bonchev–Trinajstić information content (AvgIpc) is 2.67. The number of carbonyl (C=O) groups excluding carboxylic acids is 4. The van der Waals surface area contributed by atoms with Crippen LogP contribution in [0.15, 0.2) is 60.7 Å². The van der Waals surface area contributed by atoms with Gasteiger partial charge in [0.25, 0.3) is 5.91 Å². The maximum atomic E-state index is 11.9. The number of rotatable bonds is 7. The topological polar surface area (TPSA) is 102 Å². The second-order valence-corrected chi connectivity index (χ2v) is 5.73. The molecule has 1 unspecified atom stereocenters. The van der Waals surface area contributed by atoms with E-state index in [-0.39, 0.29) is 18.6 Å². The third kappa shape index (κ3) is 6.74. The number of benzene rings is 2. The quantitative estimate of drug-likeness (QED) is 0.578. The van der Waals surface area contributed by atoms with Gasteiger partial charge < -0.3 is 10.1 Å². The predicted octanol–water partition coefficient (Wildman–Crippen LogP) is 2.93. The van der Waals surface area contributed by atoms with Gasteiger partial charge in [-0.15, -0.1) is 0 Å². The lowest BCUT2D eigenvalue weighted by molar-refractivity contribution is -0.154. The zero-order chi connectivity index (χ0) is 19.6. The van der Waals surface area contributed by atoms with E-state index in [9.17, 15) is 19.2 Å². The average molecular weight is 368 g/mol. The number of urea groups is 1. The summed E-state index contributed by atoms with van der Waals surface area (Å²) in [7, 11) is 0. The van der Waals surface area contributed by atoms with Crippen molar-refractivity contribution in [3.63, 3.8) is 0 Å². The predicted molar refractivity (Wildman–Crippen MR) is 99.2 cm³/mol. The SMILES string of the molecule is CC(OC(=O)CCC(=O)c1ccccc1)C(=O)NC(=O)Nc1ccccc1. The number of Topliss-reactive ketones (excluding diaryl/α,β-unsaturated/α-hetero) is 1. The smallest absolute Gasteiger partial charge is 0.325 e. The molecule has 1 atom stereocenters. The van der Waals surface area contributed by atoms with E-state index < -0.39 is 24.0 Å². The van der Waals surface area contributed by atoms with Crippen LogP contribution < -0.4 is 10.6 Å². The Morgan fingerprint density at radius 2 is 1.48 bits per heavy atom. The van der Waals surface area contributed by atoms with E-state index in [2.05, 4.69) is 10.6 Å². The van der Waals surface area contributed by atoms with Crippen LogP contribution in [0.25, 0.3) is 0 Å². The van der Waals surface area contributed by atoms with Crippen LogP contribution in [0.1, 0.15) is 30.1 Å². The van der Waals surface area contributed by atoms with Crippen molar-refractivity contribution in [1.29, 1.82) is 0 Å². The van der Waals surface area contributed by atoms with Crippen LogP contribution in [0.4, 0.5) is 10.5 Å². The van der Waals surface area contributed by atoms with Crippen molar-refractivity contribution >= 4 is 29.4 Å². The first-order valence-corrected chi connectivity index (χ1v) is 8.40. The van der Waals surface area contributed by atoms with Gasteiger partial charge in [-0.1, -0.05) is 48.5 Å². The summed E-state index contributed by atoms with van der Waals surface area (Å²) in [5.41, 5.74) is 1.03. The lowest BCUT2D eigenvalue weighted by atomic mass is 10.1. The second-order valence-electron chi connectivity index (χ2n) is 5.73. The lowest BCUT2D eigenvalue weighted by Crippen LogP contribution is -2.41. The molecule has 0 aliphatic heterocycles. The fraction of sp³-hybridized carbons (Fsp3) is 0.200. The van der Waals surface area contributed by atoms with Gasteiger partial charge in [-0.2, -0.15) is 0 Å². The first-order chi connectivity index (χ1) is 13.0. The van der Waals surface area contributed by atoms with Gasteiger partial charge in [-0.25, -0.2) is 4.79 Å². The van der Waals surface area contributed by atoms with Crippen LogP contribution >= 0.6 is 0 Å². The number of ether oxygens (including phenoxy) is 1. The molecule has 140 valence electrons. The Labute approximate surface area is 156 Å². The van der Waals surface area contributed by atoms with Gasteiger partial charge in [0.1, 0.15) is 0 Å². The summed E-state index contributed by atoms with van der Waals surface area (Å²) < 4.78 is 4.97. The van der Waals surface area contributed by atoms with Crippen molar-refractivity contribution in [2.45, 2.75) is 25.9 Å². The molecule has 0 heterocycles. The maximum Gasteiger partial charge on any atom is 0.325 e. The fourth-order valence-corrected chi connectivity index (χ4v) is 2.19. The van der Waals surface area contributed by atoms with Gasteiger partial charge in [0.2, 0.25) is 0 Å². The van der Waals surface area contributed by atoms with E-state index in [0.29, 0.717) is 11.3 Å². The minimum Gasteiger partial charge on any atom is -0.453 e. The lowest BCUT2D eigenvalue weighted by Gasteiger charge is -2.13. The molecule has 0 aromatic heterocycles. The molecule has 0 saturated carbocycles. The summed E-state index contributed by atoms with van der Waals surface area (Å²) in [6.45, 7) is 1.35. The van der Waals surface area contributed by atoms with Crippen LogP contribution in [-0.2, 0) is 14.3 Å². The highest BCUT2D eigenvalue weighted by Gasteiger charge is 2.20. The van der Waals surface area contributed by atoms with E-state index in [0.717, 1.165) is 0 Å². The number of esters is 1. The number of nitrogens with one attached hydrogen (secondary N) is 2. The first-order valence-electron chi connectivity index (χ1n) is 8.40. The molecule has 3 amide bonds. The van der Waals surface area contributed by atoms with E-state index in [1.807, 2.05) is 0 Å². The molecule has 2 rings (SSSR count). The number of imide groups is 1. The molecular formula is C20H20N2O5. The molecule has 0 fully saturated rings. The molecule has 2 aromatic carbocycles. The number of carbonyl (C=O) groups is 4. The number of para-hydroxylation sites is 1. The Balaban J connectivity index is 1.74. The summed E-state index contributed by atoms with van der Waals surface area (Å²) in [5.74, 6) is -1.64. The van der Waals surface area contributed by atoms with Crippen LogP contribution in [-0.4, -0.2) is 29.8 Å². The zero-order valence-electron chi connectivity index (χ0n) is 14.8. The summed E-state index contributed by atoms with van der Waals surface area (Å²) in [6, 6.07) is 16.4. The number of anilines is 1. The molecule has 2 N–H and O–H groups in total. The Hall–Kier alpha value is -3.48. The molecule has 0 radical (unpaired) electrons. The highest BCUT2D eigenvalue weighted by atomic mass is 16.5. The molecule has 0 aliphatic rings. The van der Waals surface area contributed by atoms with Crippen LogP contribution in [0, 0.1) is 0 Å². The molecule has 0 bridgehead atoms. The van der Waals surface area contributed by atoms with Crippen LogP contribution in [0.2, 0.25) is 0 Å². The fourth-order valence-electron chi connectivity index (χ4n) is 2.19. The van der Waals surface area contributed by atoms with Crippen molar-refractivity contribution in [3.8, 4) is 0 Å². The van der Waals surface area contributed by atoms with E-state index in [4.69, 9.17) is 4.74 Å². The van der Waals surface area contributed by atoms with Gasteiger partial charge in [0.15, 0.2) is 11.9 Å². The first kappa shape index (κ1) is 19.8. The summed E-state index contributed by atoms with van der Waals surface area (Å²) >= 11 is 0. The summed E-state index contributed by atoms with van der Waals surface area (Å²) in [5, 5.41) is 4.57. The van der Waals surface area contributed by atoms with Gasteiger partial charge in [-0.3, -0.25) is 19.7 Å². The van der Waals surface area contributed by atoms with Crippen molar-refractivity contribution in [1.82, 2.24) is 5.32 Å². The molecule has 2 aromatic rings. The summed E-state index contributed by atoms with van der Waals surface area (Å²) in [6.07, 6.45) is -1.33. The highest BCUT2D eigenvalue weighted by Crippen LogP contribution is 2.07. The van der Waals surface area contributed by atoms with Gasteiger partial charge in [-0.05, 0) is 19.1 Å². The number of ketones is 1. The Morgan fingerprint density at radius 3 is 2.11 bits per heavy atom. The monoisotopic (exact) mass is 368 g/mol. The molecule has 7 heteroatoms. The molecular weight excluding hydrogens is 348 g/mol. The molecule has 27 heavy (non-hydrogen) atoms. The number of hydrogen-bond donors (Lipinski definition) is 2. The largest absolute Gasteiger partial charge is 0.453 e. The Morgan fingerprint density at radius 1 is 0.889 bits per heavy atom. The van der Waals surface area contributed by atoms with E-state index in [1.54, 1.807) is 60.7 Å². The van der Waals surface area contributed by atoms with Gasteiger partial charge in [0.05, 0.1) is 6.42 Å². The van der Waals surface area contributed by atoms with E-state index >= 15 is 0 Å². The molecule has 0 aliphatic carbocycles. The molecule has 0 saturated heterocycles. The zero-order valence-corrected chi connectivity index (χ0v) is 14.8. The Kier molecular flexibility index (Phi) is 7.25. The van der Waals surface area contributed by atoms with Crippen molar-refractivity contribution in [3.05, 3.63) is 66.2 Å². The standard InChI is InChI=1S/C20H20N2O5/c1-14(19(25)22-20(26)21-16-10-6-3-7-11-16)27-18(24)13-12-17(23)15-8-4-2-5-9-15/h2-11,14H,12-13H2,1H3,(H2,21,22,25,26). The third-order valence-electron chi connectivity index (χ3n) is 3.60. The van der Waals surface area contributed by atoms with Crippen molar-refractivity contribution < 1.29 is 23.9 Å². The minimum absolute atomic E-state index is 0.0221.